The van der Waals surface area contributed by atoms with E-state index >= 15 is 0 Å². The molecule has 0 saturated heterocycles. The zero-order chi connectivity index (χ0) is 12.1. The maximum absolute atomic E-state index is 12.0. The average Bonchev–Trinajstić information content (AvgIpc) is 2.40. The second kappa shape index (κ2) is 4.99. The molecule has 0 aliphatic heterocycles. The van der Waals surface area contributed by atoms with E-state index in [1.807, 2.05) is 6.07 Å². The average molecular weight is 223 g/mol. The Morgan fingerprint density at radius 1 is 1.18 bits per heavy atom. The number of pyridine rings is 2. The van der Waals surface area contributed by atoms with E-state index < -0.39 is 0 Å². The van der Waals surface area contributed by atoms with Crippen LogP contribution in [0.25, 0.3) is 0 Å². The first kappa shape index (κ1) is 11.0. The Balaban J connectivity index is 2.32. The van der Waals surface area contributed by atoms with Crippen LogP contribution in [0.2, 0.25) is 0 Å². The number of ketones is 1. The lowest BCUT2D eigenvalue weighted by Gasteiger charge is -2.00. The molecule has 0 amide bonds. The molecule has 0 spiro atoms. The molecule has 2 aromatic rings. The van der Waals surface area contributed by atoms with Crippen molar-refractivity contribution in [1.29, 1.82) is 5.26 Å². The Morgan fingerprint density at radius 3 is 2.71 bits per heavy atom. The van der Waals surface area contributed by atoms with Gasteiger partial charge in [0.15, 0.2) is 0 Å². The molecular weight excluding hydrogens is 214 g/mol. The number of nitrogens with zero attached hydrogens (tertiary/aromatic N) is 3. The molecule has 82 valence electrons. The highest BCUT2D eigenvalue weighted by atomic mass is 16.1. The van der Waals surface area contributed by atoms with Gasteiger partial charge in [0, 0.05) is 6.20 Å². The summed E-state index contributed by atoms with van der Waals surface area (Å²) in [7, 11) is 0. The van der Waals surface area contributed by atoms with Crippen LogP contribution >= 0.6 is 0 Å². The van der Waals surface area contributed by atoms with Gasteiger partial charge in [-0.05, 0) is 24.3 Å². The fourth-order valence-electron chi connectivity index (χ4n) is 1.41. The van der Waals surface area contributed by atoms with E-state index in [-0.39, 0.29) is 12.2 Å². The molecule has 0 aliphatic rings. The summed E-state index contributed by atoms with van der Waals surface area (Å²) in [6.45, 7) is 0. The molecule has 0 radical (unpaired) electrons. The highest BCUT2D eigenvalue weighted by Crippen LogP contribution is 2.06. The minimum atomic E-state index is -0.231. The van der Waals surface area contributed by atoms with Crippen molar-refractivity contribution in [2.24, 2.45) is 0 Å². The van der Waals surface area contributed by atoms with Gasteiger partial charge >= 0.3 is 0 Å². The quantitative estimate of drug-likeness (QED) is 0.744. The van der Waals surface area contributed by atoms with Crippen LogP contribution < -0.4 is 0 Å². The van der Waals surface area contributed by atoms with Gasteiger partial charge in [0.2, 0.25) is 5.78 Å². The van der Waals surface area contributed by atoms with E-state index in [0.29, 0.717) is 17.1 Å². The maximum Gasteiger partial charge on any atom is 0.229 e. The van der Waals surface area contributed by atoms with Crippen molar-refractivity contribution in [1.82, 2.24) is 9.97 Å². The number of hydrogen-bond acceptors (Lipinski definition) is 4. The van der Waals surface area contributed by atoms with Gasteiger partial charge in [0.05, 0.1) is 18.2 Å². The second-order valence-electron chi connectivity index (χ2n) is 3.39. The largest absolute Gasteiger partial charge is 0.285 e. The van der Waals surface area contributed by atoms with Crippen LogP contribution in [0, 0.1) is 11.3 Å². The second-order valence-corrected chi connectivity index (χ2v) is 3.39. The van der Waals surface area contributed by atoms with Gasteiger partial charge in [-0.15, -0.1) is 0 Å². The van der Waals surface area contributed by atoms with Gasteiger partial charge in [-0.1, -0.05) is 12.1 Å². The Hall–Kier alpha value is -2.54. The van der Waals surface area contributed by atoms with E-state index in [0.717, 1.165) is 0 Å². The zero-order valence-corrected chi connectivity index (χ0v) is 9.00. The Kier molecular flexibility index (Phi) is 3.22. The van der Waals surface area contributed by atoms with Crippen molar-refractivity contribution in [3.05, 3.63) is 59.7 Å². The third-order valence-corrected chi connectivity index (χ3v) is 2.20. The molecule has 0 aliphatic carbocycles. The molecule has 0 fully saturated rings. The van der Waals surface area contributed by atoms with Crippen LogP contribution in [0.3, 0.4) is 0 Å². The van der Waals surface area contributed by atoms with Gasteiger partial charge in [-0.2, -0.15) is 5.26 Å². The predicted octanol–water partition coefficient (Wildman–Crippen LogP) is 1.77. The first-order valence-corrected chi connectivity index (χ1v) is 5.10. The summed E-state index contributed by atoms with van der Waals surface area (Å²) in [5.74, 6) is -0.231. The molecule has 17 heavy (non-hydrogen) atoms. The van der Waals surface area contributed by atoms with Crippen LogP contribution in [0.1, 0.15) is 21.9 Å². The molecule has 0 N–H and O–H groups in total. The molecule has 0 bridgehead atoms. The van der Waals surface area contributed by atoms with Gasteiger partial charge in [0.25, 0.3) is 0 Å². The van der Waals surface area contributed by atoms with Crippen molar-refractivity contribution in [2.45, 2.75) is 6.42 Å². The molecule has 2 rings (SSSR count). The highest BCUT2D eigenvalue weighted by molar-refractivity contribution is 6.06. The van der Waals surface area contributed by atoms with Crippen LogP contribution in [-0.2, 0) is 6.42 Å². The summed E-state index contributed by atoms with van der Waals surface area (Å²) in [5.41, 5.74) is 1.26. The third-order valence-electron chi connectivity index (χ3n) is 2.20. The molecule has 0 atom stereocenters. The van der Waals surface area contributed by atoms with Crippen LogP contribution in [0.4, 0.5) is 0 Å². The normalized spacial score (nSPS) is 9.59. The molecule has 2 aromatic heterocycles. The summed E-state index contributed by atoms with van der Waals surface area (Å²) in [5, 5.41) is 8.58. The lowest BCUT2D eigenvalue weighted by molar-refractivity contribution is 0.102. The number of carbonyl (C=O) groups excluding carboxylic acids is 1. The summed E-state index contributed by atoms with van der Waals surface area (Å²) in [4.78, 5) is 20.1. The fraction of sp³-hybridized carbons (Fsp3) is 0.0769. The summed E-state index contributed by atoms with van der Waals surface area (Å²) < 4.78 is 0. The lowest BCUT2D eigenvalue weighted by atomic mass is 10.1. The standard InChI is InChI=1S/C13H9N3O/c14-8-7-10-4-3-6-12(16-10)13(17)11-5-1-2-9-15-11/h1-6,9H,7H2. The molecule has 0 saturated carbocycles. The number of rotatable bonds is 3. The number of carbonyl (C=O) groups is 1. The number of nitriles is 1. The first-order chi connectivity index (χ1) is 8.31. The van der Waals surface area contributed by atoms with Crippen molar-refractivity contribution in [2.75, 3.05) is 0 Å². The first-order valence-electron chi connectivity index (χ1n) is 5.10. The zero-order valence-electron chi connectivity index (χ0n) is 9.00. The Morgan fingerprint density at radius 2 is 2.00 bits per heavy atom. The fourth-order valence-corrected chi connectivity index (χ4v) is 1.41. The van der Waals surface area contributed by atoms with Crippen LogP contribution in [0.5, 0.6) is 0 Å². The van der Waals surface area contributed by atoms with Crippen LogP contribution in [-0.4, -0.2) is 15.8 Å². The van der Waals surface area contributed by atoms with Gasteiger partial charge in [0.1, 0.15) is 11.4 Å². The SMILES string of the molecule is N#CCc1cccc(C(=O)c2ccccn2)n1. The van der Waals surface area contributed by atoms with E-state index in [2.05, 4.69) is 9.97 Å². The molecule has 4 nitrogen and oxygen atoms in total. The van der Waals surface area contributed by atoms with E-state index in [1.54, 1.807) is 42.6 Å². The van der Waals surface area contributed by atoms with Gasteiger partial charge in [-0.25, -0.2) is 4.98 Å². The minimum Gasteiger partial charge on any atom is -0.285 e. The van der Waals surface area contributed by atoms with Crippen molar-refractivity contribution < 1.29 is 4.79 Å². The monoisotopic (exact) mass is 223 g/mol. The summed E-state index contributed by atoms with van der Waals surface area (Å²) in [6, 6.07) is 12.2. The highest BCUT2D eigenvalue weighted by Gasteiger charge is 2.11. The topological polar surface area (TPSA) is 66.6 Å². The Bertz CT molecular complexity index is 573. The molecule has 4 heteroatoms. The molecule has 0 aromatic carbocycles. The van der Waals surface area contributed by atoms with Gasteiger partial charge < -0.3 is 0 Å². The maximum atomic E-state index is 12.0. The van der Waals surface area contributed by atoms with E-state index in [4.69, 9.17) is 5.26 Å². The minimum absolute atomic E-state index is 0.198. The summed E-state index contributed by atoms with van der Waals surface area (Å²) in [6.07, 6.45) is 1.76. The predicted molar refractivity (Wildman–Crippen MR) is 61.2 cm³/mol. The summed E-state index contributed by atoms with van der Waals surface area (Å²) >= 11 is 0. The third kappa shape index (κ3) is 2.52. The van der Waals surface area contributed by atoms with E-state index in [1.165, 1.54) is 0 Å². The van der Waals surface area contributed by atoms with Gasteiger partial charge in [-0.3, -0.25) is 9.78 Å². The molecule has 2 heterocycles. The van der Waals surface area contributed by atoms with E-state index in [9.17, 15) is 4.79 Å². The van der Waals surface area contributed by atoms with Crippen molar-refractivity contribution in [3.8, 4) is 6.07 Å². The Labute approximate surface area is 98.6 Å². The molecular formula is C13H9N3O. The molecule has 0 unspecified atom stereocenters. The lowest BCUT2D eigenvalue weighted by Crippen LogP contribution is -2.07. The van der Waals surface area contributed by atoms with Crippen molar-refractivity contribution in [3.63, 3.8) is 0 Å². The number of aromatic nitrogens is 2. The van der Waals surface area contributed by atoms with Crippen molar-refractivity contribution >= 4 is 5.78 Å². The number of hydrogen-bond donors (Lipinski definition) is 0. The van der Waals surface area contributed by atoms with Crippen LogP contribution in [0.15, 0.2) is 42.6 Å². The smallest absolute Gasteiger partial charge is 0.229 e.